The minimum Gasteiger partial charge on any atom is -0.443 e. The van der Waals surface area contributed by atoms with Crippen molar-refractivity contribution in [1.82, 2.24) is 9.62 Å². The fourth-order valence-corrected chi connectivity index (χ4v) is 6.84. The molecule has 1 unspecified atom stereocenters. The number of rotatable bonds is 12. The molecule has 0 saturated carbocycles. The number of aryl methyl sites for hydroxylation is 1. The van der Waals surface area contributed by atoms with Gasteiger partial charge in [-0.15, -0.1) is 0 Å². The zero-order valence-corrected chi connectivity index (χ0v) is 24.0. The molecule has 2 aromatic carbocycles. The lowest BCUT2D eigenvalue weighted by molar-refractivity contribution is -0.0907. The second-order valence-corrected chi connectivity index (χ2v) is 12.9. The molecular formula is C29H40N2O8S. The molecule has 0 aliphatic carbocycles. The van der Waals surface area contributed by atoms with Crippen LogP contribution in [-0.4, -0.2) is 79.9 Å². The molecule has 40 heavy (non-hydrogen) atoms. The van der Waals surface area contributed by atoms with E-state index in [0.717, 1.165) is 17.5 Å². The van der Waals surface area contributed by atoms with Gasteiger partial charge in [-0.05, 0) is 54.5 Å². The monoisotopic (exact) mass is 576 g/mol. The fraction of sp³-hybridized carbons (Fsp3) is 0.552. The molecule has 2 aliphatic rings. The van der Waals surface area contributed by atoms with Crippen LogP contribution in [0.4, 0.5) is 4.79 Å². The van der Waals surface area contributed by atoms with Crippen LogP contribution in [0.5, 0.6) is 0 Å². The van der Waals surface area contributed by atoms with Gasteiger partial charge in [-0.1, -0.05) is 50.2 Å². The molecule has 0 spiro atoms. The normalized spacial score (nSPS) is 22.3. The molecule has 3 N–H and O–H groups in total. The second-order valence-electron chi connectivity index (χ2n) is 10.9. The van der Waals surface area contributed by atoms with E-state index in [2.05, 4.69) is 5.32 Å². The summed E-state index contributed by atoms with van der Waals surface area (Å²) in [4.78, 5) is 13.0. The quantitative estimate of drug-likeness (QED) is 0.351. The number of carbonyl (C=O) groups is 1. The third-order valence-electron chi connectivity index (χ3n) is 7.40. The number of hydrogen-bond donors (Lipinski definition) is 3. The van der Waals surface area contributed by atoms with E-state index in [1.807, 2.05) is 44.2 Å². The van der Waals surface area contributed by atoms with Gasteiger partial charge in [0.05, 0.1) is 42.8 Å². The molecule has 2 aliphatic heterocycles. The maximum Gasteiger partial charge on any atom is 0.407 e. The smallest absolute Gasteiger partial charge is 0.407 e. The van der Waals surface area contributed by atoms with Gasteiger partial charge in [0.2, 0.25) is 10.0 Å². The van der Waals surface area contributed by atoms with Crippen molar-refractivity contribution < 1.29 is 37.6 Å². The number of amides is 1. The summed E-state index contributed by atoms with van der Waals surface area (Å²) in [6.45, 7) is 6.00. The largest absolute Gasteiger partial charge is 0.443 e. The van der Waals surface area contributed by atoms with Crippen LogP contribution < -0.4 is 5.32 Å². The van der Waals surface area contributed by atoms with Gasteiger partial charge in [0, 0.05) is 13.1 Å². The van der Waals surface area contributed by atoms with Crippen molar-refractivity contribution in [2.45, 2.75) is 69.7 Å². The number of ether oxygens (including phenoxy) is 3. The van der Waals surface area contributed by atoms with Gasteiger partial charge in [-0.2, -0.15) is 4.31 Å². The van der Waals surface area contributed by atoms with E-state index in [1.54, 1.807) is 13.0 Å². The van der Waals surface area contributed by atoms with Crippen LogP contribution in [0.3, 0.4) is 0 Å². The summed E-state index contributed by atoms with van der Waals surface area (Å²) in [5.74, 6) is -0.0626. The van der Waals surface area contributed by atoms with Gasteiger partial charge < -0.3 is 29.7 Å². The average molecular weight is 577 g/mol. The molecule has 2 fully saturated rings. The molecule has 0 bridgehead atoms. The van der Waals surface area contributed by atoms with Crippen LogP contribution in [0.1, 0.15) is 37.0 Å². The highest BCUT2D eigenvalue weighted by molar-refractivity contribution is 7.89. The first kappa shape index (κ1) is 30.4. The average Bonchev–Trinajstić information content (AvgIpc) is 3.53. The molecule has 2 aromatic rings. The van der Waals surface area contributed by atoms with Crippen molar-refractivity contribution in [3.63, 3.8) is 0 Å². The maximum absolute atomic E-state index is 13.7. The molecule has 2 heterocycles. The molecule has 0 aromatic heterocycles. The zero-order chi connectivity index (χ0) is 28.9. The number of sulfonamides is 1. The summed E-state index contributed by atoms with van der Waals surface area (Å²) in [5, 5.41) is 23.9. The number of nitrogens with one attached hydrogen (secondary N) is 1. The summed E-state index contributed by atoms with van der Waals surface area (Å²) < 4.78 is 45.4. The number of nitrogens with zero attached hydrogens (tertiary/aromatic N) is 1. The Labute approximate surface area is 236 Å². The number of benzene rings is 2. The van der Waals surface area contributed by atoms with Crippen LogP contribution in [-0.2, 0) is 37.3 Å². The van der Waals surface area contributed by atoms with Crippen LogP contribution in [0, 0.1) is 18.8 Å². The highest BCUT2D eigenvalue weighted by Crippen LogP contribution is 2.33. The summed E-state index contributed by atoms with van der Waals surface area (Å²) in [5.41, 5.74) is 2.17. The SMILES string of the molecule is Cc1ccc(S(=O)(=O)N(CC(C)C)C[C@@H](O)[C@H](Cc2ccccc2)NC(=O)O[C@H]2CO[C@H]3OCCC32)cc1CO. The highest BCUT2D eigenvalue weighted by atomic mass is 32.2. The first-order chi connectivity index (χ1) is 19.1. The Bertz CT molecular complexity index is 1240. The Hall–Kier alpha value is -2.54. The Morgan fingerprint density at radius 3 is 2.60 bits per heavy atom. The summed E-state index contributed by atoms with van der Waals surface area (Å²) >= 11 is 0. The molecule has 2 saturated heterocycles. The summed E-state index contributed by atoms with van der Waals surface area (Å²) in [6.07, 6.45) is -1.77. The predicted octanol–water partition coefficient (Wildman–Crippen LogP) is 2.59. The topological polar surface area (TPSA) is 135 Å². The Balaban J connectivity index is 1.53. The van der Waals surface area contributed by atoms with Gasteiger partial charge in [-0.25, -0.2) is 13.2 Å². The lowest BCUT2D eigenvalue weighted by Crippen LogP contribution is -2.51. The van der Waals surface area contributed by atoms with Gasteiger partial charge >= 0.3 is 6.09 Å². The third kappa shape index (κ3) is 7.39. The van der Waals surface area contributed by atoms with Crippen molar-refractivity contribution in [3.8, 4) is 0 Å². The minimum atomic E-state index is -4.02. The predicted molar refractivity (Wildman–Crippen MR) is 148 cm³/mol. The number of aliphatic hydroxyl groups excluding tert-OH is 2. The highest BCUT2D eigenvalue weighted by Gasteiger charge is 2.44. The third-order valence-corrected chi connectivity index (χ3v) is 9.23. The lowest BCUT2D eigenvalue weighted by atomic mass is 10.0. The van der Waals surface area contributed by atoms with E-state index in [-0.39, 0.29) is 55.7 Å². The molecule has 11 heteroatoms. The molecule has 220 valence electrons. The number of fused-ring (bicyclic) bond motifs is 1. The van der Waals surface area contributed by atoms with Crippen LogP contribution in [0.25, 0.3) is 0 Å². The van der Waals surface area contributed by atoms with Gasteiger partial charge in [0.1, 0.15) is 6.10 Å². The zero-order valence-electron chi connectivity index (χ0n) is 23.2. The van der Waals surface area contributed by atoms with E-state index in [1.165, 1.54) is 16.4 Å². The number of alkyl carbamates (subject to hydrolysis) is 1. The fourth-order valence-electron chi connectivity index (χ4n) is 5.16. The van der Waals surface area contributed by atoms with Crippen molar-refractivity contribution >= 4 is 16.1 Å². The number of carbonyl (C=O) groups excluding carboxylic acids is 1. The lowest BCUT2D eigenvalue weighted by Gasteiger charge is -2.31. The maximum atomic E-state index is 13.7. The van der Waals surface area contributed by atoms with Gasteiger partial charge in [0.15, 0.2) is 6.29 Å². The standard InChI is InChI=1S/C29H40N2O8S/c1-19(2)15-31(40(35,36)23-10-9-20(3)22(14-23)17-32)16-26(33)25(13-21-7-5-4-6-8-21)30-29(34)39-27-18-38-28-24(27)11-12-37-28/h4-10,14,19,24-28,32-33H,11-13,15-18H2,1-3H3,(H,30,34)/t24?,25-,26+,27-,28+/m0/s1. The van der Waals surface area contributed by atoms with Crippen LogP contribution in [0.2, 0.25) is 0 Å². The van der Waals surface area contributed by atoms with Gasteiger partial charge in [0.25, 0.3) is 0 Å². The second kappa shape index (κ2) is 13.4. The molecule has 5 atom stereocenters. The Kier molecular flexibility index (Phi) is 10.2. The van der Waals surface area contributed by atoms with Crippen LogP contribution >= 0.6 is 0 Å². The molecule has 10 nitrogen and oxygen atoms in total. The minimum absolute atomic E-state index is 0.0285. The van der Waals surface area contributed by atoms with Crippen molar-refractivity contribution in [3.05, 3.63) is 65.2 Å². The van der Waals surface area contributed by atoms with E-state index in [0.29, 0.717) is 12.2 Å². The summed E-state index contributed by atoms with van der Waals surface area (Å²) in [6, 6.07) is 13.1. The number of hydrogen-bond acceptors (Lipinski definition) is 8. The van der Waals surface area contributed by atoms with Crippen molar-refractivity contribution in [2.75, 3.05) is 26.3 Å². The first-order valence-corrected chi connectivity index (χ1v) is 15.2. The Morgan fingerprint density at radius 1 is 1.15 bits per heavy atom. The number of aliphatic hydroxyl groups is 2. The van der Waals surface area contributed by atoms with E-state index in [9.17, 15) is 23.4 Å². The van der Waals surface area contributed by atoms with Crippen molar-refractivity contribution in [1.29, 1.82) is 0 Å². The van der Waals surface area contributed by atoms with Crippen molar-refractivity contribution in [2.24, 2.45) is 11.8 Å². The van der Waals surface area contributed by atoms with E-state index in [4.69, 9.17) is 14.2 Å². The molecule has 0 radical (unpaired) electrons. The molecular weight excluding hydrogens is 536 g/mol. The van der Waals surface area contributed by atoms with Crippen LogP contribution in [0.15, 0.2) is 53.4 Å². The first-order valence-electron chi connectivity index (χ1n) is 13.7. The van der Waals surface area contributed by atoms with Gasteiger partial charge in [-0.3, -0.25) is 0 Å². The summed E-state index contributed by atoms with van der Waals surface area (Å²) in [7, 11) is -4.02. The Morgan fingerprint density at radius 2 is 1.90 bits per heavy atom. The molecule has 4 rings (SSSR count). The molecule has 1 amide bonds. The van der Waals surface area contributed by atoms with E-state index >= 15 is 0 Å². The van der Waals surface area contributed by atoms with E-state index < -0.39 is 34.4 Å².